The van der Waals surface area contributed by atoms with Gasteiger partial charge in [-0.15, -0.1) is 0 Å². The number of amides is 1. The molecule has 0 bridgehead atoms. The summed E-state index contributed by atoms with van der Waals surface area (Å²) in [6, 6.07) is 1.80. The summed E-state index contributed by atoms with van der Waals surface area (Å²) in [6.07, 6.45) is -1.06. The van der Waals surface area contributed by atoms with Crippen LogP contribution in [0.1, 0.15) is 39.1 Å². The van der Waals surface area contributed by atoms with Gasteiger partial charge in [-0.2, -0.15) is 0 Å². The van der Waals surface area contributed by atoms with Crippen LogP contribution in [0.3, 0.4) is 0 Å². The zero-order chi connectivity index (χ0) is 17.9. The minimum atomic E-state index is -2.44. The van der Waals surface area contributed by atoms with Gasteiger partial charge >= 0.3 is 17.9 Å². The van der Waals surface area contributed by atoms with Crippen LogP contribution in [-0.4, -0.2) is 39.1 Å². The Balaban J connectivity index is 3.75. The predicted octanol–water partition coefficient (Wildman–Crippen LogP) is -0.831. The lowest BCUT2D eigenvalue weighted by Crippen LogP contribution is -2.47. The maximum Gasteiger partial charge on any atom is 0.336 e. The van der Waals surface area contributed by atoms with E-state index in [0.29, 0.717) is 0 Å². The Bertz CT molecular complexity index is 666. The van der Waals surface area contributed by atoms with Crippen molar-refractivity contribution in [3.05, 3.63) is 28.8 Å². The van der Waals surface area contributed by atoms with Crippen molar-refractivity contribution in [3.63, 3.8) is 0 Å². The molecular weight excluding hydrogens is 310 g/mol. The molecule has 0 aromatic heterocycles. The number of carbonyl (C=O) groups excluding carboxylic acids is 1. The summed E-state index contributed by atoms with van der Waals surface area (Å²) < 4.78 is 0. The van der Waals surface area contributed by atoms with Crippen molar-refractivity contribution in [2.45, 2.75) is 18.4 Å². The number of benzene rings is 1. The van der Waals surface area contributed by atoms with Crippen molar-refractivity contribution in [1.82, 2.24) is 0 Å². The molecule has 0 unspecified atom stereocenters. The van der Waals surface area contributed by atoms with Gasteiger partial charge in [0.2, 0.25) is 5.91 Å². The molecule has 9 N–H and O–H groups in total. The van der Waals surface area contributed by atoms with Gasteiger partial charge in [-0.25, -0.2) is 14.4 Å². The number of nitrogen functional groups attached to an aromatic ring is 1. The number of carboxylic acid groups (broad SMARTS) is 3. The number of primary amides is 1. The smallest absolute Gasteiger partial charge is 0.336 e. The fourth-order valence-corrected chi connectivity index (χ4v) is 2.14. The fourth-order valence-electron chi connectivity index (χ4n) is 2.14. The monoisotopic (exact) mass is 325 g/mol. The summed E-state index contributed by atoms with van der Waals surface area (Å²) in [7, 11) is 0. The van der Waals surface area contributed by atoms with Crippen LogP contribution in [0.5, 0.6) is 0 Å². The van der Waals surface area contributed by atoms with Crippen LogP contribution in [0.4, 0.5) is 5.69 Å². The van der Waals surface area contributed by atoms with Gasteiger partial charge in [-0.3, -0.25) is 4.79 Å². The summed E-state index contributed by atoms with van der Waals surface area (Å²) in [5, 5.41) is 27.8. The highest BCUT2D eigenvalue weighted by atomic mass is 16.4. The molecule has 1 aromatic rings. The van der Waals surface area contributed by atoms with Crippen molar-refractivity contribution >= 4 is 29.5 Å². The van der Waals surface area contributed by atoms with Crippen LogP contribution in [0, 0.1) is 0 Å². The number of aromatic carboxylic acids is 2. The number of aliphatic carboxylic acids is 1. The van der Waals surface area contributed by atoms with Crippen molar-refractivity contribution in [2.24, 2.45) is 11.5 Å². The van der Waals surface area contributed by atoms with Crippen molar-refractivity contribution in [3.8, 4) is 0 Å². The van der Waals surface area contributed by atoms with Gasteiger partial charge in [0.25, 0.3) is 0 Å². The quantitative estimate of drug-likeness (QED) is 0.345. The number of rotatable bonds is 7. The first-order valence-corrected chi connectivity index (χ1v) is 6.22. The third-order valence-electron chi connectivity index (χ3n) is 3.21. The average Bonchev–Trinajstić information content (AvgIpc) is 2.43. The highest BCUT2D eigenvalue weighted by molar-refractivity contribution is 6.01. The molecule has 10 nitrogen and oxygen atoms in total. The molecule has 0 aliphatic rings. The van der Waals surface area contributed by atoms with Gasteiger partial charge in [0.1, 0.15) is 5.54 Å². The highest BCUT2D eigenvalue weighted by Gasteiger charge is 2.42. The second-order valence-electron chi connectivity index (χ2n) is 4.84. The number of carboxylic acids is 3. The lowest BCUT2D eigenvalue weighted by molar-refractivity contribution is -0.144. The molecule has 0 aliphatic carbocycles. The highest BCUT2D eigenvalue weighted by Crippen LogP contribution is 2.32. The molecule has 0 radical (unpaired) electrons. The first-order valence-electron chi connectivity index (χ1n) is 6.22. The summed E-state index contributed by atoms with van der Waals surface area (Å²) >= 11 is 0. The maximum atomic E-state index is 11.6. The van der Waals surface area contributed by atoms with Crippen LogP contribution in [0.15, 0.2) is 12.1 Å². The predicted molar refractivity (Wildman–Crippen MR) is 76.7 cm³/mol. The third-order valence-corrected chi connectivity index (χ3v) is 3.21. The minimum Gasteiger partial charge on any atom is -0.480 e. The van der Waals surface area contributed by atoms with Crippen LogP contribution < -0.4 is 17.2 Å². The molecule has 1 rings (SSSR count). The van der Waals surface area contributed by atoms with Crippen LogP contribution in [0.25, 0.3) is 0 Å². The molecule has 0 saturated heterocycles. The molecule has 0 fully saturated rings. The zero-order valence-electron chi connectivity index (χ0n) is 11.8. The standard InChI is InChI=1S/C13H15N3O7/c14-5-3-6(10(18)19)9(7(4-5)11(20)21)13(16,12(22)23)2-1-8(15)17/h3-4H,1-2,14,16H2,(H2,15,17)(H,18,19)(H,20,21)(H,22,23)/t13-/m1/s1. The summed E-state index contributed by atoms with van der Waals surface area (Å²) in [5.41, 5.74) is 11.6. The number of hydrogen-bond donors (Lipinski definition) is 6. The third kappa shape index (κ3) is 3.55. The second kappa shape index (κ2) is 6.32. The molecule has 1 atom stereocenters. The average molecular weight is 325 g/mol. The Morgan fingerprint density at radius 3 is 1.74 bits per heavy atom. The lowest BCUT2D eigenvalue weighted by Gasteiger charge is -2.28. The zero-order valence-corrected chi connectivity index (χ0v) is 11.8. The molecule has 0 saturated carbocycles. The molecular formula is C13H15N3O7. The molecule has 124 valence electrons. The first kappa shape index (κ1) is 17.9. The number of nitrogens with two attached hydrogens (primary N) is 3. The Kier molecular flexibility index (Phi) is 4.92. The van der Waals surface area contributed by atoms with E-state index in [1.165, 1.54) is 0 Å². The SMILES string of the molecule is NC(=O)CC[C@](N)(C(=O)O)c1c(C(=O)O)cc(N)cc1C(=O)O. The largest absolute Gasteiger partial charge is 0.480 e. The van der Waals surface area contributed by atoms with Crippen molar-refractivity contribution in [2.75, 3.05) is 5.73 Å². The molecule has 10 heteroatoms. The number of hydrogen-bond acceptors (Lipinski definition) is 6. The summed E-state index contributed by atoms with van der Waals surface area (Å²) in [5.74, 6) is -5.78. The van der Waals surface area contributed by atoms with Crippen LogP contribution >= 0.6 is 0 Å². The van der Waals surface area contributed by atoms with E-state index in [2.05, 4.69) is 0 Å². The topological polar surface area (TPSA) is 207 Å². The first-order chi connectivity index (χ1) is 10.5. The molecule has 1 amide bonds. The molecule has 0 spiro atoms. The van der Waals surface area contributed by atoms with Gasteiger partial charge < -0.3 is 32.5 Å². The number of anilines is 1. The second-order valence-corrected chi connectivity index (χ2v) is 4.84. The fraction of sp³-hybridized carbons (Fsp3) is 0.231. The lowest BCUT2D eigenvalue weighted by atomic mass is 9.80. The maximum absolute atomic E-state index is 11.6. The van der Waals surface area contributed by atoms with Gasteiger partial charge in [-0.05, 0) is 18.6 Å². The van der Waals surface area contributed by atoms with Gasteiger partial charge in [0, 0.05) is 17.7 Å². The molecule has 23 heavy (non-hydrogen) atoms. The molecule has 1 aromatic carbocycles. The summed E-state index contributed by atoms with van der Waals surface area (Å²) in [4.78, 5) is 45.2. The Morgan fingerprint density at radius 2 is 1.43 bits per heavy atom. The minimum absolute atomic E-state index is 0.189. The van der Waals surface area contributed by atoms with E-state index in [0.717, 1.165) is 12.1 Å². The van der Waals surface area contributed by atoms with E-state index < -0.39 is 58.9 Å². The van der Waals surface area contributed by atoms with E-state index in [1.54, 1.807) is 0 Å². The molecule has 0 aliphatic heterocycles. The molecule has 0 heterocycles. The Labute approximate surface area is 129 Å². The Hall–Kier alpha value is -3.14. The van der Waals surface area contributed by atoms with E-state index >= 15 is 0 Å². The van der Waals surface area contributed by atoms with Gasteiger partial charge in [0.05, 0.1) is 11.1 Å². The van der Waals surface area contributed by atoms with Gasteiger partial charge in [-0.1, -0.05) is 0 Å². The Morgan fingerprint density at radius 1 is 1.00 bits per heavy atom. The van der Waals surface area contributed by atoms with Crippen molar-refractivity contribution < 1.29 is 34.5 Å². The number of carbonyl (C=O) groups is 4. The van der Waals surface area contributed by atoms with Crippen LogP contribution in [0.2, 0.25) is 0 Å². The van der Waals surface area contributed by atoms with E-state index in [4.69, 9.17) is 17.2 Å². The normalized spacial score (nSPS) is 13.1. The van der Waals surface area contributed by atoms with Crippen LogP contribution in [-0.2, 0) is 15.1 Å². The van der Waals surface area contributed by atoms with Crippen molar-refractivity contribution in [1.29, 1.82) is 0 Å². The van der Waals surface area contributed by atoms with E-state index in [-0.39, 0.29) is 5.69 Å². The van der Waals surface area contributed by atoms with E-state index in [1.807, 2.05) is 0 Å². The van der Waals surface area contributed by atoms with Gasteiger partial charge in [0.15, 0.2) is 0 Å². The van der Waals surface area contributed by atoms with E-state index in [9.17, 15) is 34.5 Å². The summed E-state index contributed by atoms with van der Waals surface area (Å²) in [6.45, 7) is 0.